The molecule has 1 heterocycles. The number of aliphatic hydroxyl groups excluding tert-OH is 1. The van der Waals surface area contributed by atoms with E-state index in [1.54, 1.807) is 0 Å². The van der Waals surface area contributed by atoms with E-state index in [1.165, 1.54) is 0 Å². The zero-order chi connectivity index (χ0) is 6.53. The molecule has 10 heavy (non-hydrogen) atoms. The molecule has 0 saturated heterocycles. The van der Waals surface area contributed by atoms with Crippen LogP contribution in [0.25, 0.3) is 0 Å². The molecule has 2 N–H and O–H groups in total. The van der Waals surface area contributed by atoms with Crippen LogP contribution < -0.4 is 4.74 Å². The van der Waals surface area contributed by atoms with E-state index in [0.29, 0.717) is 0 Å². The van der Waals surface area contributed by atoms with Crippen molar-refractivity contribution in [1.29, 1.82) is 0 Å². The number of hydrogen-bond acceptors (Lipinski definition) is 5. The van der Waals surface area contributed by atoms with Gasteiger partial charge in [0.15, 0.2) is 0 Å². The fourth-order valence-corrected chi connectivity index (χ4v) is 0.354. The van der Waals surface area contributed by atoms with E-state index in [1.807, 2.05) is 0 Å². The molecule has 0 atom stereocenters. The maximum atomic E-state index is 8.26. The summed E-state index contributed by atoms with van der Waals surface area (Å²) < 4.78 is 4.75. The van der Waals surface area contributed by atoms with Crippen molar-refractivity contribution in [1.82, 2.24) is 20.6 Å². The molecule has 6 nitrogen and oxygen atoms in total. The topological polar surface area (TPSA) is 83.9 Å². The Morgan fingerprint density at radius 3 is 2.90 bits per heavy atom. The fraction of sp³-hybridized carbons (Fsp3) is 0.667. The standard InChI is InChI=1S/C3H6N4O2.Na.H/c8-1-2-9-3-4-6-7-5-3;;/h8H,1-2H2,(H,4,5,6,7);;. The van der Waals surface area contributed by atoms with Crippen molar-refractivity contribution < 1.29 is 9.84 Å². The second kappa shape index (κ2) is 5.60. The van der Waals surface area contributed by atoms with Crippen LogP contribution in [-0.2, 0) is 0 Å². The number of ether oxygens (including phenoxy) is 1. The molecule has 1 aromatic heterocycles. The molecule has 0 saturated carbocycles. The molecular weight excluding hydrogens is 147 g/mol. The van der Waals surface area contributed by atoms with Gasteiger partial charge in [0, 0.05) is 0 Å². The van der Waals surface area contributed by atoms with Crippen LogP contribution in [0.3, 0.4) is 0 Å². The first-order valence-corrected chi connectivity index (χ1v) is 2.41. The van der Waals surface area contributed by atoms with Crippen LogP contribution in [0, 0.1) is 0 Å². The van der Waals surface area contributed by atoms with Crippen LogP contribution in [0.1, 0.15) is 0 Å². The molecule has 0 aromatic carbocycles. The first kappa shape index (κ1) is 9.83. The number of aliphatic hydroxyl groups is 1. The van der Waals surface area contributed by atoms with Crippen LogP contribution >= 0.6 is 0 Å². The number of nitrogens with one attached hydrogen (secondary N) is 1. The molecule has 0 amide bonds. The Morgan fingerprint density at radius 1 is 1.60 bits per heavy atom. The van der Waals surface area contributed by atoms with Crippen LogP contribution in [0.15, 0.2) is 0 Å². The number of rotatable bonds is 3. The van der Waals surface area contributed by atoms with Crippen LogP contribution in [0.5, 0.6) is 6.01 Å². The Labute approximate surface area is 79.3 Å². The van der Waals surface area contributed by atoms with E-state index in [9.17, 15) is 0 Å². The van der Waals surface area contributed by atoms with Crippen LogP contribution in [-0.4, -0.2) is 68.5 Å². The molecule has 0 bridgehead atoms. The van der Waals surface area contributed by atoms with Gasteiger partial charge in [-0.2, -0.15) is 0 Å². The van der Waals surface area contributed by atoms with Gasteiger partial charge in [0.05, 0.1) is 6.61 Å². The van der Waals surface area contributed by atoms with Crippen molar-refractivity contribution in [2.75, 3.05) is 13.2 Å². The van der Waals surface area contributed by atoms with Crippen LogP contribution in [0.4, 0.5) is 0 Å². The molecule has 0 radical (unpaired) electrons. The molecule has 52 valence electrons. The normalized spacial score (nSPS) is 8.50. The summed E-state index contributed by atoms with van der Waals surface area (Å²) in [4.78, 5) is 0. The van der Waals surface area contributed by atoms with Gasteiger partial charge in [-0.1, -0.05) is 5.10 Å². The number of aromatic nitrogens is 4. The molecule has 0 fully saturated rings. The van der Waals surface area contributed by atoms with Gasteiger partial charge in [0.25, 0.3) is 0 Å². The van der Waals surface area contributed by atoms with E-state index in [-0.39, 0.29) is 48.8 Å². The van der Waals surface area contributed by atoms with Crippen molar-refractivity contribution >= 4 is 29.6 Å². The molecule has 0 aliphatic carbocycles. The fourth-order valence-electron chi connectivity index (χ4n) is 0.354. The summed E-state index contributed by atoms with van der Waals surface area (Å²) in [7, 11) is 0. The first-order valence-electron chi connectivity index (χ1n) is 2.41. The van der Waals surface area contributed by atoms with Crippen molar-refractivity contribution in [3.8, 4) is 6.01 Å². The van der Waals surface area contributed by atoms with Gasteiger partial charge in [0.2, 0.25) is 0 Å². The van der Waals surface area contributed by atoms with E-state index in [2.05, 4.69) is 20.6 Å². The summed E-state index contributed by atoms with van der Waals surface area (Å²) in [6, 6.07) is 0.226. The monoisotopic (exact) mass is 154 g/mol. The van der Waals surface area contributed by atoms with Crippen molar-refractivity contribution in [3.05, 3.63) is 0 Å². The number of aromatic amines is 1. The molecule has 1 rings (SSSR count). The molecule has 0 aliphatic heterocycles. The molecule has 7 heteroatoms. The minimum absolute atomic E-state index is 0. The van der Waals surface area contributed by atoms with Gasteiger partial charge in [-0.25, -0.2) is 5.10 Å². The van der Waals surface area contributed by atoms with Gasteiger partial charge >= 0.3 is 35.6 Å². The number of tetrazole rings is 1. The average molecular weight is 154 g/mol. The third kappa shape index (κ3) is 3.11. The molecule has 0 spiro atoms. The van der Waals surface area contributed by atoms with Gasteiger partial charge in [-0.05, 0) is 10.4 Å². The Kier molecular flexibility index (Phi) is 5.51. The van der Waals surface area contributed by atoms with E-state index in [4.69, 9.17) is 9.84 Å². The number of H-pyrrole nitrogens is 1. The van der Waals surface area contributed by atoms with Crippen LogP contribution in [0.2, 0.25) is 0 Å². The van der Waals surface area contributed by atoms with Gasteiger partial charge in [-0.3, -0.25) is 0 Å². The van der Waals surface area contributed by atoms with Gasteiger partial charge in [0.1, 0.15) is 6.61 Å². The minimum atomic E-state index is -0.0410. The summed E-state index contributed by atoms with van der Waals surface area (Å²) in [5.41, 5.74) is 0. The molecule has 0 unspecified atom stereocenters. The third-order valence-corrected chi connectivity index (χ3v) is 0.656. The van der Waals surface area contributed by atoms with Gasteiger partial charge in [-0.15, -0.1) is 0 Å². The number of hydrogen-bond donors (Lipinski definition) is 2. The maximum absolute atomic E-state index is 8.26. The van der Waals surface area contributed by atoms with Crippen molar-refractivity contribution in [2.45, 2.75) is 0 Å². The number of nitrogens with zero attached hydrogens (tertiary/aromatic N) is 3. The summed E-state index contributed by atoms with van der Waals surface area (Å²) in [6.07, 6.45) is 0. The Morgan fingerprint density at radius 2 is 2.40 bits per heavy atom. The Balaban J connectivity index is 0.000000810. The first-order chi connectivity index (χ1) is 4.43. The summed E-state index contributed by atoms with van der Waals surface area (Å²) in [5.74, 6) is 0. The zero-order valence-corrected chi connectivity index (χ0v) is 4.61. The molecular formula is C3H7N4NaO2. The van der Waals surface area contributed by atoms with E-state index in [0.717, 1.165) is 0 Å². The van der Waals surface area contributed by atoms with E-state index >= 15 is 0 Å². The Hall–Kier alpha value is -0.170. The quantitative estimate of drug-likeness (QED) is 0.488. The van der Waals surface area contributed by atoms with Gasteiger partial charge < -0.3 is 9.84 Å². The Bertz CT molecular complexity index is 156. The van der Waals surface area contributed by atoms with E-state index < -0.39 is 0 Å². The van der Waals surface area contributed by atoms with Crippen molar-refractivity contribution in [3.63, 3.8) is 0 Å². The molecule has 1 aromatic rings. The second-order valence-corrected chi connectivity index (χ2v) is 1.28. The average Bonchev–Trinajstić information content (AvgIpc) is 2.34. The molecule has 0 aliphatic rings. The van der Waals surface area contributed by atoms with Crippen molar-refractivity contribution in [2.24, 2.45) is 0 Å². The SMILES string of the molecule is OCCOc1nnn[nH]1.[NaH]. The summed E-state index contributed by atoms with van der Waals surface area (Å²) in [6.45, 7) is 0.164. The predicted molar refractivity (Wildman–Crippen MR) is 33.9 cm³/mol. The third-order valence-electron chi connectivity index (χ3n) is 0.656. The summed E-state index contributed by atoms with van der Waals surface area (Å²) >= 11 is 0. The zero-order valence-electron chi connectivity index (χ0n) is 4.61. The predicted octanol–water partition coefficient (Wildman–Crippen LogP) is -2.08. The second-order valence-electron chi connectivity index (χ2n) is 1.28. The summed E-state index contributed by atoms with van der Waals surface area (Å²) in [5, 5.41) is 20.5.